The van der Waals surface area contributed by atoms with E-state index >= 15 is 0 Å². The van der Waals surface area contributed by atoms with Crippen molar-refractivity contribution in [3.05, 3.63) is 40.7 Å². The molecule has 0 spiro atoms. The molecule has 5 N–H and O–H groups in total. The number of carbonyl (C=O) groups excluding carboxylic acids is 2. The summed E-state index contributed by atoms with van der Waals surface area (Å²) in [6, 6.07) is 2.75. The molecule has 3 aromatic heterocycles. The van der Waals surface area contributed by atoms with Crippen LogP contribution in [0.1, 0.15) is 19.5 Å². The van der Waals surface area contributed by atoms with Gasteiger partial charge in [0.15, 0.2) is 21.4 Å². The number of pyridine rings is 1. The van der Waals surface area contributed by atoms with Crippen molar-refractivity contribution in [1.82, 2.24) is 20.2 Å². The molecule has 220 valence electrons. The van der Waals surface area contributed by atoms with E-state index in [1.807, 2.05) is 29.9 Å². The third kappa shape index (κ3) is 5.66. The van der Waals surface area contributed by atoms with Gasteiger partial charge in [-0.1, -0.05) is 16.9 Å². The molecule has 18 heteroatoms. The number of hydrogen-bond donors (Lipinski definition) is 4. The summed E-state index contributed by atoms with van der Waals surface area (Å²) in [4.78, 5) is 66.0. The number of aryl methyl sites for hydroxylation is 1. The largest absolute Gasteiger partial charge is 0.478 e. The van der Waals surface area contributed by atoms with Crippen LogP contribution >= 0.6 is 46.2 Å². The van der Waals surface area contributed by atoms with Gasteiger partial charge in [0.05, 0.1) is 0 Å². The third-order valence-electron chi connectivity index (χ3n) is 6.27. The average molecular weight is 651 g/mol. The Balaban J connectivity index is 1.32. The Morgan fingerprint density at radius 3 is 2.74 bits per heavy atom. The van der Waals surface area contributed by atoms with Crippen LogP contribution in [-0.4, -0.2) is 83.1 Å². The number of carboxylic acids is 2. The number of carboxylic acid groups (broad SMARTS) is 2. The highest BCUT2D eigenvalue weighted by Gasteiger charge is 2.54. The molecule has 5 heterocycles. The fraction of sp³-hybridized carbons (Fsp3) is 0.333. The zero-order valence-corrected chi connectivity index (χ0v) is 25.5. The number of nitrogen functional groups attached to an aromatic ring is 1. The van der Waals surface area contributed by atoms with Crippen LogP contribution in [0.3, 0.4) is 0 Å². The fourth-order valence-corrected chi connectivity index (χ4v) is 8.11. The molecule has 1 saturated heterocycles. The average Bonchev–Trinajstić information content (AvgIpc) is 3.56. The van der Waals surface area contributed by atoms with E-state index in [4.69, 9.17) is 10.6 Å². The highest BCUT2D eigenvalue weighted by molar-refractivity contribution is 8.02. The highest BCUT2D eigenvalue weighted by atomic mass is 32.2. The lowest BCUT2D eigenvalue weighted by atomic mass is 10.0. The Bertz CT molecular complexity index is 1680. The van der Waals surface area contributed by atoms with Crippen molar-refractivity contribution in [2.45, 2.75) is 35.2 Å². The van der Waals surface area contributed by atoms with Gasteiger partial charge in [-0.05, 0) is 36.8 Å². The molecule has 0 saturated carbocycles. The zero-order valence-electron chi connectivity index (χ0n) is 22.3. The second kappa shape index (κ2) is 11.5. The van der Waals surface area contributed by atoms with Crippen LogP contribution in [0.5, 0.6) is 0 Å². The predicted molar refractivity (Wildman–Crippen MR) is 157 cm³/mol. The van der Waals surface area contributed by atoms with Crippen LogP contribution in [0.25, 0.3) is 10.3 Å². The Labute approximate surface area is 254 Å². The molecule has 1 fully saturated rings. The Morgan fingerprint density at radius 1 is 1.33 bits per heavy atom. The Kier molecular flexibility index (Phi) is 8.15. The lowest BCUT2D eigenvalue weighted by Gasteiger charge is -2.49. The maximum atomic E-state index is 13.2. The number of aromatic nitrogens is 3. The predicted octanol–water partition coefficient (Wildman–Crippen LogP) is 1.27. The Hall–Kier alpha value is -3.74. The molecule has 0 aromatic carbocycles. The van der Waals surface area contributed by atoms with Crippen molar-refractivity contribution in [3.63, 3.8) is 0 Å². The van der Waals surface area contributed by atoms with E-state index in [0.29, 0.717) is 17.1 Å². The van der Waals surface area contributed by atoms with Gasteiger partial charge in [-0.25, -0.2) is 19.6 Å². The van der Waals surface area contributed by atoms with Gasteiger partial charge in [-0.15, -0.1) is 23.1 Å². The number of rotatable bonds is 10. The summed E-state index contributed by atoms with van der Waals surface area (Å²) >= 11 is 5.25. The van der Waals surface area contributed by atoms with Gasteiger partial charge in [0.2, 0.25) is 5.60 Å². The summed E-state index contributed by atoms with van der Waals surface area (Å²) in [5.74, 6) is -3.36. The number of nitrogens with two attached hydrogens (primary N) is 1. The molecule has 42 heavy (non-hydrogen) atoms. The molecule has 5 rings (SSSR count). The molecular weight excluding hydrogens is 627 g/mol. The van der Waals surface area contributed by atoms with Crippen LogP contribution in [0, 0.1) is 0 Å². The lowest BCUT2D eigenvalue weighted by Crippen LogP contribution is -2.71. The molecule has 2 amide bonds. The molecule has 1 unspecified atom stereocenters. The minimum Gasteiger partial charge on any atom is -0.478 e. The van der Waals surface area contributed by atoms with E-state index in [2.05, 4.69) is 20.4 Å². The number of carbonyl (C=O) groups is 4. The number of thioether (sulfide) groups is 2. The number of thiazole rings is 2. The van der Waals surface area contributed by atoms with Crippen molar-refractivity contribution >= 4 is 91.1 Å². The smallest absolute Gasteiger partial charge is 0.352 e. The maximum Gasteiger partial charge on any atom is 0.352 e. The van der Waals surface area contributed by atoms with Crippen LogP contribution in [-0.2, 0) is 31.1 Å². The topological polar surface area (TPSA) is 201 Å². The van der Waals surface area contributed by atoms with Crippen LogP contribution in [0.2, 0.25) is 0 Å². The summed E-state index contributed by atoms with van der Waals surface area (Å²) < 4.78 is 2.74. The summed E-state index contributed by atoms with van der Waals surface area (Å²) in [6.07, 6.45) is 1.92. The number of anilines is 1. The monoisotopic (exact) mass is 650 g/mol. The minimum atomic E-state index is -1.76. The Morgan fingerprint density at radius 2 is 2.10 bits per heavy atom. The molecular formula is C24H24N7O7S4+. The molecule has 0 radical (unpaired) electrons. The van der Waals surface area contributed by atoms with Gasteiger partial charge in [0.25, 0.3) is 16.6 Å². The van der Waals surface area contributed by atoms with Gasteiger partial charge in [0.1, 0.15) is 35.4 Å². The summed E-state index contributed by atoms with van der Waals surface area (Å²) in [6.45, 7) is 2.50. The van der Waals surface area contributed by atoms with Gasteiger partial charge in [0, 0.05) is 23.0 Å². The van der Waals surface area contributed by atoms with Crippen molar-refractivity contribution in [3.8, 4) is 0 Å². The highest BCUT2D eigenvalue weighted by Crippen LogP contribution is 2.42. The first-order valence-corrected chi connectivity index (χ1v) is 15.9. The van der Waals surface area contributed by atoms with Crippen molar-refractivity contribution in [2.75, 3.05) is 17.2 Å². The fourth-order valence-electron chi connectivity index (χ4n) is 4.01. The summed E-state index contributed by atoms with van der Waals surface area (Å²) in [5.41, 5.74) is 4.90. The quantitative estimate of drug-likeness (QED) is 0.0806. The second-order valence-electron chi connectivity index (χ2n) is 9.61. The van der Waals surface area contributed by atoms with E-state index in [0.717, 1.165) is 26.0 Å². The van der Waals surface area contributed by atoms with Crippen LogP contribution in [0.4, 0.5) is 5.13 Å². The van der Waals surface area contributed by atoms with E-state index in [9.17, 15) is 29.4 Å². The van der Waals surface area contributed by atoms with Crippen LogP contribution in [0.15, 0.2) is 44.5 Å². The molecule has 3 aromatic rings. The van der Waals surface area contributed by atoms with Gasteiger partial charge < -0.3 is 26.1 Å². The van der Waals surface area contributed by atoms with E-state index < -0.39 is 40.8 Å². The summed E-state index contributed by atoms with van der Waals surface area (Å²) in [5, 5.41) is 26.6. The maximum absolute atomic E-state index is 13.2. The number of nitrogens with zero attached hydrogens (tertiary/aromatic N) is 5. The number of oxime groups is 1. The normalized spacial score (nSPS) is 19.0. The van der Waals surface area contributed by atoms with Gasteiger partial charge in [-0.2, -0.15) is 4.57 Å². The van der Waals surface area contributed by atoms with E-state index in [1.165, 1.54) is 59.0 Å². The molecule has 14 nitrogen and oxygen atoms in total. The van der Waals surface area contributed by atoms with Crippen molar-refractivity contribution < 1.29 is 38.8 Å². The van der Waals surface area contributed by atoms with Gasteiger partial charge >= 0.3 is 11.9 Å². The first-order valence-electron chi connectivity index (χ1n) is 12.2. The first kappa shape index (κ1) is 29.7. The van der Waals surface area contributed by atoms with E-state index in [-0.39, 0.29) is 22.2 Å². The SMILES string of the molecule is C[n+]1cccc2nc(SCC3=C(C(=O)O)N4C(=O)C(NC(=O)C(=NOC(C)(C)C(=O)O)c5csc(N)n5)[C@@H]4SC3)sc21. The minimum absolute atomic E-state index is 0.0324. The van der Waals surface area contributed by atoms with E-state index in [1.54, 1.807) is 0 Å². The molecule has 2 aliphatic heterocycles. The number of nitrogens with one attached hydrogen (secondary N) is 1. The number of β-lactam (4-membered cyclic amide) rings is 1. The lowest BCUT2D eigenvalue weighted by molar-refractivity contribution is -0.642. The molecule has 2 atom stereocenters. The van der Waals surface area contributed by atoms with Gasteiger partial charge in [-0.3, -0.25) is 14.5 Å². The number of aliphatic carboxylic acids is 2. The van der Waals surface area contributed by atoms with Crippen LogP contribution < -0.4 is 15.6 Å². The molecule has 0 aliphatic carbocycles. The standard InChI is InChI=1S/C24H23N7O7S4/c1-24(2,21(36)37)38-29-13(12-9-40-22(25)26-12)16(32)28-14-17(33)31-15(20(34)35)10(7-39-19(14)31)8-41-23-27-11-5-4-6-30(3)18(11)42-23/h4-6,9,14,19H,7-8H2,1-3H3,(H4-,25,26,28,32,34,35,36,37)/p+1/t14?,19-/m0/s1. The van der Waals surface area contributed by atoms with Crippen molar-refractivity contribution in [1.29, 1.82) is 0 Å². The number of hydrogen-bond acceptors (Lipinski definition) is 13. The summed E-state index contributed by atoms with van der Waals surface area (Å²) in [7, 11) is 1.92. The molecule has 0 bridgehead atoms. The second-order valence-corrected chi connectivity index (χ2v) is 13.8. The zero-order chi connectivity index (χ0) is 30.3. The van der Waals surface area contributed by atoms with Crippen molar-refractivity contribution in [2.24, 2.45) is 12.2 Å². The first-order chi connectivity index (χ1) is 19.9. The number of fused-ring (bicyclic) bond motifs is 2. The number of amides is 2. The molecule has 2 aliphatic rings. The third-order valence-corrected chi connectivity index (χ3v) is 10.7.